The van der Waals surface area contributed by atoms with Crippen molar-refractivity contribution in [2.75, 3.05) is 19.0 Å². The number of amides is 2. The minimum Gasteiger partial charge on any atom is -0.469 e. The summed E-state index contributed by atoms with van der Waals surface area (Å²) in [7, 11) is 1.36. The maximum atomic E-state index is 13.6. The Morgan fingerprint density at radius 2 is 1.95 bits per heavy atom. The van der Waals surface area contributed by atoms with Crippen LogP contribution in [0.4, 0.5) is 5.69 Å². The summed E-state index contributed by atoms with van der Waals surface area (Å²) in [5.74, 6) is -0.700. The standard InChI is InChI=1S/C33H34ClN3O4/c1-20-6-4-9-30(37-15-13-24(19-31(37)38)25-7-5-8-27(34)21(25)2)29-18-23(12-14-35-29)26-11-10-22(17-32(39)41-3)16-28(26)36-33(20)40/h5,7-8,10-12,14,16,18-20,30H,4,6,9,13,15,17H2,1-3H3,(H,36,40)/t20-,30+/m1/s1. The van der Waals surface area contributed by atoms with Crippen LogP contribution >= 0.6 is 11.6 Å². The predicted molar refractivity (Wildman–Crippen MR) is 160 cm³/mol. The zero-order valence-electron chi connectivity index (χ0n) is 23.6. The molecule has 3 heterocycles. The van der Waals surface area contributed by atoms with Crippen LogP contribution in [0.15, 0.2) is 60.8 Å². The Balaban J connectivity index is 1.51. The number of rotatable bonds is 4. The van der Waals surface area contributed by atoms with Gasteiger partial charge in [0.2, 0.25) is 11.8 Å². The van der Waals surface area contributed by atoms with Gasteiger partial charge in [-0.2, -0.15) is 0 Å². The van der Waals surface area contributed by atoms with Crippen molar-refractivity contribution < 1.29 is 19.1 Å². The number of hydrogen-bond acceptors (Lipinski definition) is 5. The SMILES string of the molecule is COC(=O)Cc1ccc2c(c1)NC(=O)[C@H](C)CCC[C@H](N1CCC(c3cccc(Cl)c3C)=CC1=O)c1cc-2ccn1. The Kier molecular flexibility index (Phi) is 8.54. The van der Waals surface area contributed by atoms with Gasteiger partial charge in [0.25, 0.3) is 0 Å². The summed E-state index contributed by atoms with van der Waals surface area (Å²) in [5.41, 5.74) is 6.87. The Morgan fingerprint density at radius 3 is 2.73 bits per heavy atom. The van der Waals surface area contributed by atoms with Crippen LogP contribution in [0, 0.1) is 12.8 Å². The van der Waals surface area contributed by atoms with Crippen LogP contribution in [0.5, 0.6) is 0 Å². The molecule has 3 aromatic rings. The fourth-order valence-electron chi connectivity index (χ4n) is 5.69. The number of nitrogens with zero attached hydrogens (tertiary/aromatic N) is 2. The van der Waals surface area contributed by atoms with Gasteiger partial charge < -0.3 is 15.0 Å². The van der Waals surface area contributed by atoms with E-state index >= 15 is 0 Å². The van der Waals surface area contributed by atoms with Crippen molar-refractivity contribution in [2.45, 2.75) is 52.0 Å². The van der Waals surface area contributed by atoms with E-state index < -0.39 is 0 Å². The summed E-state index contributed by atoms with van der Waals surface area (Å²) >= 11 is 6.36. The largest absolute Gasteiger partial charge is 0.469 e. The third kappa shape index (κ3) is 6.20. The van der Waals surface area contributed by atoms with Crippen LogP contribution in [0.3, 0.4) is 0 Å². The van der Waals surface area contributed by atoms with Crippen molar-refractivity contribution >= 4 is 40.6 Å². The number of esters is 1. The molecule has 41 heavy (non-hydrogen) atoms. The summed E-state index contributed by atoms with van der Waals surface area (Å²) in [4.78, 5) is 45.3. The van der Waals surface area contributed by atoms with Crippen molar-refractivity contribution in [1.29, 1.82) is 0 Å². The molecule has 0 fully saturated rings. The van der Waals surface area contributed by atoms with Crippen molar-refractivity contribution in [3.05, 3.63) is 88.2 Å². The fraction of sp³-hybridized carbons (Fsp3) is 0.333. The number of halogens is 1. The van der Waals surface area contributed by atoms with Crippen LogP contribution in [-0.2, 0) is 25.5 Å². The maximum Gasteiger partial charge on any atom is 0.309 e. The van der Waals surface area contributed by atoms with Crippen LogP contribution < -0.4 is 5.32 Å². The molecule has 2 amide bonds. The van der Waals surface area contributed by atoms with E-state index in [2.05, 4.69) is 5.32 Å². The second-order valence-electron chi connectivity index (χ2n) is 10.8. The van der Waals surface area contributed by atoms with Gasteiger partial charge in [0.1, 0.15) is 0 Å². The lowest BCUT2D eigenvalue weighted by atomic mass is 9.91. The van der Waals surface area contributed by atoms with Crippen molar-refractivity contribution in [1.82, 2.24) is 9.88 Å². The zero-order chi connectivity index (χ0) is 29.1. The van der Waals surface area contributed by atoms with Crippen molar-refractivity contribution in [3.63, 3.8) is 0 Å². The molecule has 1 aromatic heterocycles. The minimum absolute atomic E-state index is 0.0476. The molecule has 5 rings (SSSR count). The molecule has 1 N–H and O–H groups in total. The number of pyridine rings is 1. The first-order valence-corrected chi connectivity index (χ1v) is 14.4. The normalized spacial score (nSPS) is 19.3. The van der Waals surface area contributed by atoms with Crippen LogP contribution in [0.2, 0.25) is 5.02 Å². The molecular weight excluding hydrogens is 538 g/mol. The highest BCUT2D eigenvalue weighted by Crippen LogP contribution is 2.37. The summed E-state index contributed by atoms with van der Waals surface area (Å²) < 4.78 is 4.83. The second-order valence-corrected chi connectivity index (χ2v) is 11.2. The molecule has 212 valence electrons. The van der Waals surface area contributed by atoms with Gasteiger partial charge in [-0.05, 0) is 78.3 Å². The van der Waals surface area contributed by atoms with E-state index in [1.54, 1.807) is 12.3 Å². The third-order valence-corrected chi connectivity index (χ3v) is 8.52. The number of aromatic nitrogens is 1. The average molecular weight is 572 g/mol. The number of methoxy groups -OCH3 is 1. The maximum absolute atomic E-state index is 13.6. The summed E-state index contributed by atoms with van der Waals surface area (Å²) in [6.07, 6.45) is 6.44. The monoisotopic (exact) mass is 571 g/mol. The van der Waals surface area contributed by atoms with Crippen LogP contribution in [0.25, 0.3) is 16.7 Å². The Morgan fingerprint density at radius 1 is 1.12 bits per heavy atom. The summed E-state index contributed by atoms with van der Waals surface area (Å²) in [6, 6.07) is 15.1. The topological polar surface area (TPSA) is 88.6 Å². The number of nitrogens with one attached hydrogen (secondary N) is 1. The zero-order valence-corrected chi connectivity index (χ0v) is 24.3. The number of carbonyl (C=O) groups is 3. The van der Waals surface area contributed by atoms with Gasteiger partial charge in [-0.3, -0.25) is 19.4 Å². The van der Waals surface area contributed by atoms with E-state index in [9.17, 15) is 14.4 Å². The lowest BCUT2D eigenvalue weighted by molar-refractivity contribution is -0.139. The molecule has 2 aliphatic heterocycles. The second kappa shape index (κ2) is 12.3. The lowest BCUT2D eigenvalue weighted by Gasteiger charge is -2.35. The first-order valence-electron chi connectivity index (χ1n) is 14.0. The van der Waals surface area contributed by atoms with Gasteiger partial charge in [0.15, 0.2) is 0 Å². The molecule has 2 aromatic carbocycles. The molecule has 0 saturated heterocycles. The Labute approximate surface area is 245 Å². The van der Waals surface area contributed by atoms with E-state index in [-0.39, 0.29) is 36.2 Å². The van der Waals surface area contributed by atoms with Crippen molar-refractivity contribution in [2.24, 2.45) is 5.92 Å². The summed E-state index contributed by atoms with van der Waals surface area (Å²) in [5, 5.41) is 3.78. The molecule has 2 bridgehead atoms. The molecule has 8 heteroatoms. The van der Waals surface area contributed by atoms with E-state index in [4.69, 9.17) is 21.3 Å². The molecule has 7 nitrogen and oxygen atoms in total. The first kappa shape index (κ1) is 28.6. The fourth-order valence-corrected chi connectivity index (χ4v) is 5.87. The van der Waals surface area contributed by atoms with Gasteiger partial charge in [-0.15, -0.1) is 0 Å². The summed E-state index contributed by atoms with van der Waals surface area (Å²) in [6.45, 7) is 4.46. The molecular formula is C33H34ClN3O4. The highest BCUT2D eigenvalue weighted by atomic mass is 35.5. The van der Waals surface area contributed by atoms with Crippen LogP contribution in [0.1, 0.15) is 61.0 Å². The highest BCUT2D eigenvalue weighted by molar-refractivity contribution is 6.31. The van der Waals surface area contributed by atoms with E-state index in [1.807, 2.05) is 67.3 Å². The molecule has 0 unspecified atom stereocenters. The Hall–Kier alpha value is -3.97. The minimum atomic E-state index is -0.347. The number of ether oxygens (including phenoxy) is 1. The quantitative estimate of drug-likeness (QED) is 0.359. The van der Waals surface area contributed by atoms with Gasteiger partial charge >= 0.3 is 5.97 Å². The van der Waals surface area contributed by atoms with Crippen molar-refractivity contribution in [3.8, 4) is 11.1 Å². The number of carbonyl (C=O) groups excluding carboxylic acids is 3. The van der Waals surface area contributed by atoms with Crippen LogP contribution in [-0.4, -0.2) is 41.3 Å². The lowest BCUT2D eigenvalue weighted by Crippen LogP contribution is -2.38. The number of hydrogen-bond donors (Lipinski definition) is 1. The highest BCUT2D eigenvalue weighted by Gasteiger charge is 2.30. The Bertz CT molecular complexity index is 1530. The molecule has 0 radical (unpaired) electrons. The molecule has 0 aliphatic carbocycles. The number of fused-ring (bicyclic) bond motifs is 4. The van der Waals surface area contributed by atoms with E-state index in [0.717, 1.165) is 45.5 Å². The molecule has 0 saturated carbocycles. The number of anilines is 1. The van der Waals surface area contributed by atoms with Gasteiger partial charge in [0.05, 0.1) is 25.3 Å². The van der Waals surface area contributed by atoms with Gasteiger partial charge in [-0.25, -0.2) is 0 Å². The van der Waals surface area contributed by atoms with E-state index in [0.29, 0.717) is 36.5 Å². The number of benzene rings is 2. The first-order chi connectivity index (χ1) is 19.7. The van der Waals surface area contributed by atoms with Gasteiger partial charge in [-0.1, -0.05) is 49.2 Å². The smallest absolute Gasteiger partial charge is 0.309 e. The average Bonchev–Trinajstić information content (AvgIpc) is 2.96. The molecule has 2 atom stereocenters. The van der Waals surface area contributed by atoms with Gasteiger partial charge in [0, 0.05) is 41.0 Å². The predicted octanol–water partition coefficient (Wildman–Crippen LogP) is 6.54. The third-order valence-electron chi connectivity index (χ3n) is 8.11. The molecule has 2 aliphatic rings. The van der Waals surface area contributed by atoms with E-state index in [1.165, 1.54) is 7.11 Å². The molecule has 0 spiro atoms.